The molecule has 0 saturated heterocycles. The van der Waals surface area contributed by atoms with Crippen LogP contribution in [0, 0.1) is 0 Å². The third-order valence-corrected chi connectivity index (χ3v) is 3.51. The molecule has 0 aliphatic carbocycles. The molecule has 0 aliphatic rings. The van der Waals surface area contributed by atoms with Crippen molar-refractivity contribution in [1.29, 1.82) is 0 Å². The van der Waals surface area contributed by atoms with E-state index in [0.717, 1.165) is 16.2 Å². The molecule has 2 heterocycles. The molecule has 18 heavy (non-hydrogen) atoms. The molecule has 0 fully saturated rings. The fourth-order valence-electron chi connectivity index (χ4n) is 1.92. The van der Waals surface area contributed by atoms with Crippen molar-refractivity contribution in [3.8, 4) is 11.3 Å². The number of carbonyl (C=O) groups excluding carboxylic acids is 1. The van der Waals surface area contributed by atoms with Gasteiger partial charge in [0.15, 0.2) is 4.96 Å². The first-order chi connectivity index (χ1) is 8.81. The van der Waals surface area contributed by atoms with Crippen LogP contribution >= 0.6 is 11.3 Å². The number of thiazole rings is 1. The van der Waals surface area contributed by atoms with E-state index < -0.39 is 0 Å². The molecule has 4 nitrogen and oxygen atoms in total. The van der Waals surface area contributed by atoms with E-state index in [-0.39, 0.29) is 5.91 Å². The number of benzene rings is 1. The van der Waals surface area contributed by atoms with Gasteiger partial charge in [0, 0.05) is 24.2 Å². The van der Waals surface area contributed by atoms with Gasteiger partial charge in [0.1, 0.15) is 11.4 Å². The van der Waals surface area contributed by atoms with Gasteiger partial charge in [0.2, 0.25) is 0 Å². The quantitative estimate of drug-likeness (QED) is 0.766. The number of carbonyl (C=O) groups is 1. The Labute approximate surface area is 108 Å². The number of amides is 1. The molecule has 90 valence electrons. The maximum absolute atomic E-state index is 12.0. The maximum Gasteiger partial charge on any atom is 0.270 e. The van der Waals surface area contributed by atoms with E-state index >= 15 is 0 Å². The summed E-state index contributed by atoms with van der Waals surface area (Å²) in [7, 11) is 1.63. The third kappa shape index (κ3) is 1.60. The average molecular weight is 257 g/mol. The van der Waals surface area contributed by atoms with E-state index in [2.05, 4.69) is 10.3 Å². The highest BCUT2D eigenvalue weighted by molar-refractivity contribution is 7.15. The summed E-state index contributed by atoms with van der Waals surface area (Å²) < 4.78 is 1.83. The van der Waals surface area contributed by atoms with Gasteiger partial charge in [-0.05, 0) is 0 Å². The van der Waals surface area contributed by atoms with Gasteiger partial charge in [-0.1, -0.05) is 30.3 Å². The SMILES string of the molecule is CNC(=O)c1c(-c2ccccc2)nc2sccn12. The van der Waals surface area contributed by atoms with Crippen LogP contribution in [0.15, 0.2) is 41.9 Å². The molecule has 0 unspecified atom stereocenters. The van der Waals surface area contributed by atoms with Crippen molar-refractivity contribution >= 4 is 22.2 Å². The number of hydrogen-bond donors (Lipinski definition) is 1. The second-order valence-corrected chi connectivity index (χ2v) is 4.68. The lowest BCUT2D eigenvalue weighted by Gasteiger charge is -2.02. The van der Waals surface area contributed by atoms with E-state index in [0.29, 0.717) is 5.69 Å². The van der Waals surface area contributed by atoms with Crippen LogP contribution < -0.4 is 5.32 Å². The number of aromatic nitrogens is 2. The summed E-state index contributed by atoms with van der Waals surface area (Å²) in [5, 5.41) is 4.58. The van der Waals surface area contributed by atoms with Crippen molar-refractivity contribution in [2.75, 3.05) is 7.05 Å². The molecule has 0 aliphatic heterocycles. The number of imidazole rings is 1. The van der Waals surface area contributed by atoms with Crippen molar-refractivity contribution in [2.24, 2.45) is 0 Å². The van der Waals surface area contributed by atoms with Gasteiger partial charge in [-0.25, -0.2) is 4.98 Å². The highest BCUT2D eigenvalue weighted by Gasteiger charge is 2.19. The van der Waals surface area contributed by atoms with Gasteiger partial charge in [-0.2, -0.15) is 0 Å². The minimum absolute atomic E-state index is 0.125. The second-order valence-electron chi connectivity index (χ2n) is 3.81. The molecule has 3 rings (SSSR count). The lowest BCUT2D eigenvalue weighted by atomic mass is 10.1. The van der Waals surface area contributed by atoms with Crippen molar-refractivity contribution in [1.82, 2.24) is 14.7 Å². The Morgan fingerprint density at radius 2 is 2.11 bits per heavy atom. The van der Waals surface area contributed by atoms with Crippen molar-refractivity contribution in [3.05, 3.63) is 47.6 Å². The van der Waals surface area contributed by atoms with Crippen LogP contribution in [0.3, 0.4) is 0 Å². The smallest absolute Gasteiger partial charge is 0.270 e. The minimum Gasteiger partial charge on any atom is -0.354 e. The summed E-state index contributed by atoms with van der Waals surface area (Å²) >= 11 is 1.52. The zero-order chi connectivity index (χ0) is 12.5. The van der Waals surface area contributed by atoms with Gasteiger partial charge >= 0.3 is 0 Å². The van der Waals surface area contributed by atoms with Crippen LogP contribution in [-0.4, -0.2) is 22.3 Å². The summed E-state index contributed by atoms with van der Waals surface area (Å²) in [4.78, 5) is 17.4. The fourth-order valence-corrected chi connectivity index (χ4v) is 2.63. The van der Waals surface area contributed by atoms with Crippen LogP contribution in [0.25, 0.3) is 16.2 Å². The highest BCUT2D eigenvalue weighted by Crippen LogP contribution is 2.26. The Morgan fingerprint density at radius 1 is 1.33 bits per heavy atom. The van der Waals surface area contributed by atoms with Crippen molar-refractivity contribution in [2.45, 2.75) is 0 Å². The number of nitrogens with zero attached hydrogens (tertiary/aromatic N) is 2. The number of fused-ring (bicyclic) bond motifs is 1. The first-order valence-corrected chi connectivity index (χ1v) is 6.42. The molecule has 1 N–H and O–H groups in total. The molecule has 0 bridgehead atoms. The lowest BCUT2D eigenvalue weighted by Crippen LogP contribution is -2.20. The molecule has 0 atom stereocenters. The van der Waals surface area contributed by atoms with Gasteiger partial charge in [0.05, 0.1) is 0 Å². The molecule has 0 saturated carbocycles. The van der Waals surface area contributed by atoms with Crippen LogP contribution in [-0.2, 0) is 0 Å². The highest BCUT2D eigenvalue weighted by atomic mass is 32.1. The average Bonchev–Trinajstić information content (AvgIpc) is 2.98. The van der Waals surface area contributed by atoms with Gasteiger partial charge in [0.25, 0.3) is 5.91 Å². The molecule has 1 amide bonds. The summed E-state index contributed by atoms with van der Waals surface area (Å²) in [5.74, 6) is -0.125. The van der Waals surface area contributed by atoms with Gasteiger partial charge in [-0.15, -0.1) is 11.3 Å². The van der Waals surface area contributed by atoms with Gasteiger partial charge < -0.3 is 5.32 Å². The zero-order valence-corrected chi connectivity index (χ0v) is 10.6. The number of rotatable bonds is 2. The molecule has 3 aromatic rings. The first kappa shape index (κ1) is 11.0. The molecule has 5 heteroatoms. The number of nitrogens with one attached hydrogen (secondary N) is 1. The Hall–Kier alpha value is -2.14. The predicted molar refractivity (Wildman–Crippen MR) is 71.9 cm³/mol. The standard InChI is InChI=1S/C13H11N3OS/c1-14-12(17)11-10(9-5-3-2-4-6-9)15-13-16(11)7-8-18-13/h2-8H,1H3,(H,14,17). The molecular weight excluding hydrogens is 246 g/mol. The van der Waals surface area contributed by atoms with E-state index in [1.165, 1.54) is 11.3 Å². The topological polar surface area (TPSA) is 46.4 Å². The largest absolute Gasteiger partial charge is 0.354 e. The molecule has 1 aromatic carbocycles. The van der Waals surface area contributed by atoms with E-state index in [4.69, 9.17) is 0 Å². The predicted octanol–water partition coefficient (Wildman–Crippen LogP) is 2.42. The van der Waals surface area contributed by atoms with E-state index in [1.54, 1.807) is 7.05 Å². The monoisotopic (exact) mass is 257 g/mol. The first-order valence-electron chi connectivity index (χ1n) is 5.54. The maximum atomic E-state index is 12.0. The Balaban J connectivity index is 2.28. The normalized spacial score (nSPS) is 10.7. The second kappa shape index (κ2) is 4.27. The molecular formula is C13H11N3OS. The minimum atomic E-state index is -0.125. The Morgan fingerprint density at radius 3 is 2.83 bits per heavy atom. The number of hydrogen-bond acceptors (Lipinski definition) is 3. The Kier molecular flexibility index (Phi) is 2.60. The van der Waals surface area contributed by atoms with E-state index in [1.807, 2.05) is 46.3 Å². The van der Waals surface area contributed by atoms with E-state index in [9.17, 15) is 4.79 Å². The summed E-state index contributed by atoms with van der Waals surface area (Å²) in [6.45, 7) is 0. The molecule has 0 radical (unpaired) electrons. The molecule has 0 spiro atoms. The van der Waals surface area contributed by atoms with Crippen molar-refractivity contribution in [3.63, 3.8) is 0 Å². The third-order valence-electron chi connectivity index (χ3n) is 2.75. The summed E-state index contributed by atoms with van der Waals surface area (Å²) in [6, 6.07) is 9.74. The van der Waals surface area contributed by atoms with Crippen LogP contribution in [0.5, 0.6) is 0 Å². The lowest BCUT2D eigenvalue weighted by molar-refractivity contribution is 0.0958. The zero-order valence-electron chi connectivity index (χ0n) is 9.75. The van der Waals surface area contributed by atoms with Crippen LogP contribution in [0.4, 0.5) is 0 Å². The van der Waals surface area contributed by atoms with Crippen molar-refractivity contribution < 1.29 is 4.79 Å². The Bertz CT molecular complexity index is 699. The fraction of sp³-hybridized carbons (Fsp3) is 0.0769. The summed E-state index contributed by atoms with van der Waals surface area (Å²) in [5.41, 5.74) is 2.26. The van der Waals surface area contributed by atoms with Crippen LogP contribution in [0.1, 0.15) is 10.5 Å². The molecule has 2 aromatic heterocycles. The summed E-state index contributed by atoms with van der Waals surface area (Å²) in [6.07, 6.45) is 1.87. The van der Waals surface area contributed by atoms with Crippen LogP contribution in [0.2, 0.25) is 0 Å². The van der Waals surface area contributed by atoms with Gasteiger partial charge in [-0.3, -0.25) is 9.20 Å².